The molecule has 0 fully saturated rings. The van der Waals surface area contributed by atoms with Gasteiger partial charge in [-0.05, 0) is 19.9 Å². The summed E-state index contributed by atoms with van der Waals surface area (Å²) in [6.07, 6.45) is 3.36. The van der Waals surface area contributed by atoms with Crippen molar-refractivity contribution in [3.8, 4) is 11.6 Å². The Hall–Kier alpha value is -2.12. The molecule has 2 aromatic heterocycles. The van der Waals surface area contributed by atoms with E-state index >= 15 is 0 Å². The van der Waals surface area contributed by atoms with E-state index in [1.165, 1.54) is 0 Å². The first-order valence-electron chi connectivity index (χ1n) is 6.70. The molecule has 0 aliphatic rings. The number of hydrazine groups is 1. The van der Waals surface area contributed by atoms with Gasteiger partial charge >= 0.3 is 0 Å². The number of hydrogen-bond donors (Lipinski definition) is 2. The Kier molecular flexibility index (Phi) is 4.77. The third-order valence-corrected chi connectivity index (χ3v) is 3.25. The monoisotopic (exact) mass is 291 g/mol. The standard InChI is InChI=1S/C14H21N5O2/c1-9(2)19-13(11(20-3)8-17-19)12(18-15)10-6-5-7-16-14(10)21-4/h5-9,12,18H,15H2,1-4H3. The molecule has 0 radical (unpaired) electrons. The van der Waals surface area contributed by atoms with Crippen molar-refractivity contribution in [2.75, 3.05) is 14.2 Å². The quantitative estimate of drug-likeness (QED) is 0.618. The van der Waals surface area contributed by atoms with Gasteiger partial charge in [-0.15, -0.1) is 0 Å². The van der Waals surface area contributed by atoms with Crippen LogP contribution in [0.2, 0.25) is 0 Å². The molecule has 2 rings (SSSR count). The van der Waals surface area contributed by atoms with Gasteiger partial charge in [0.15, 0.2) is 5.75 Å². The van der Waals surface area contributed by atoms with E-state index < -0.39 is 0 Å². The number of nitrogens with one attached hydrogen (secondary N) is 1. The molecule has 0 bridgehead atoms. The lowest BCUT2D eigenvalue weighted by atomic mass is 10.0. The van der Waals surface area contributed by atoms with Crippen LogP contribution in [-0.4, -0.2) is 29.0 Å². The Morgan fingerprint density at radius 3 is 2.62 bits per heavy atom. The van der Waals surface area contributed by atoms with Crippen LogP contribution >= 0.6 is 0 Å². The zero-order valence-corrected chi connectivity index (χ0v) is 12.7. The van der Waals surface area contributed by atoms with Gasteiger partial charge in [-0.3, -0.25) is 10.5 Å². The number of hydrogen-bond acceptors (Lipinski definition) is 6. The number of ether oxygens (including phenoxy) is 2. The number of nitrogens with two attached hydrogens (primary N) is 1. The summed E-state index contributed by atoms with van der Waals surface area (Å²) in [5.41, 5.74) is 4.46. The van der Waals surface area contributed by atoms with Crippen LogP contribution in [0.4, 0.5) is 0 Å². The lowest BCUT2D eigenvalue weighted by molar-refractivity contribution is 0.375. The highest BCUT2D eigenvalue weighted by Crippen LogP contribution is 2.34. The topological polar surface area (TPSA) is 87.2 Å². The summed E-state index contributed by atoms with van der Waals surface area (Å²) in [4.78, 5) is 4.22. The maximum absolute atomic E-state index is 5.78. The molecule has 2 heterocycles. The second kappa shape index (κ2) is 6.55. The highest BCUT2D eigenvalue weighted by molar-refractivity contribution is 5.40. The van der Waals surface area contributed by atoms with E-state index in [9.17, 15) is 0 Å². The normalized spacial score (nSPS) is 12.5. The van der Waals surface area contributed by atoms with Crippen LogP contribution < -0.4 is 20.7 Å². The van der Waals surface area contributed by atoms with Crippen LogP contribution in [0.3, 0.4) is 0 Å². The van der Waals surface area contributed by atoms with Gasteiger partial charge in [0.05, 0.1) is 26.5 Å². The smallest absolute Gasteiger partial charge is 0.218 e. The highest BCUT2D eigenvalue weighted by atomic mass is 16.5. The Bertz CT molecular complexity index is 597. The molecule has 114 valence electrons. The lowest BCUT2D eigenvalue weighted by Gasteiger charge is -2.22. The number of rotatable bonds is 6. The van der Waals surface area contributed by atoms with Crippen molar-refractivity contribution < 1.29 is 9.47 Å². The molecule has 1 atom stereocenters. The van der Waals surface area contributed by atoms with Crippen molar-refractivity contribution in [3.05, 3.63) is 35.8 Å². The van der Waals surface area contributed by atoms with E-state index in [2.05, 4.69) is 15.5 Å². The Morgan fingerprint density at radius 1 is 1.29 bits per heavy atom. The van der Waals surface area contributed by atoms with Gasteiger partial charge in [0.2, 0.25) is 5.88 Å². The van der Waals surface area contributed by atoms with Crippen molar-refractivity contribution in [3.63, 3.8) is 0 Å². The molecule has 0 aliphatic heterocycles. The maximum atomic E-state index is 5.78. The predicted octanol–water partition coefficient (Wildman–Crippen LogP) is 1.43. The predicted molar refractivity (Wildman–Crippen MR) is 79.1 cm³/mol. The molecule has 0 amide bonds. The van der Waals surface area contributed by atoms with Gasteiger partial charge in [-0.2, -0.15) is 5.10 Å². The molecule has 2 aromatic rings. The Balaban J connectivity index is 2.58. The first-order valence-corrected chi connectivity index (χ1v) is 6.70. The van der Waals surface area contributed by atoms with Gasteiger partial charge < -0.3 is 9.47 Å². The van der Waals surface area contributed by atoms with Crippen molar-refractivity contribution in [1.82, 2.24) is 20.2 Å². The number of aromatic nitrogens is 3. The minimum Gasteiger partial charge on any atom is -0.493 e. The largest absolute Gasteiger partial charge is 0.493 e. The average molecular weight is 291 g/mol. The van der Waals surface area contributed by atoms with E-state index in [0.717, 1.165) is 11.3 Å². The summed E-state index contributed by atoms with van der Waals surface area (Å²) in [5.74, 6) is 6.96. The number of methoxy groups -OCH3 is 2. The van der Waals surface area contributed by atoms with Crippen molar-refractivity contribution in [2.24, 2.45) is 5.84 Å². The van der Waals surface area contributed by atoms with Crippen LogP contribution in [-0.2, 0) is 0 Å². The summed E-state index contributed by atoms with van der Waals surface area (Å²) in [6.45, 7) is 4.09. The second-order valence-electron chi connectivity index (χ2n) is 4.84. The third kappa shape index (κ3) is 2.84. The fraction of sp³-hybridized carbons (Fsp3) is 0.429. The van der Waals surface area contributed by atoms with E-state index in [4.69, 9.17) is 15.3 Å². The molecule has 3 N–H and O–H groups in total. The summed E-state index contributed by atoms with van der Waals surface area (Å²) in [5, 5.41) is 4.37. The molecule has 0 saturated carbocycles. The molecule has 7 heteroatoms. The zero-order chi connectivity index (χ0) is 15.4. The van der Waals surface area contributed by atoms with E-state index in [-0.39, 0.29) is 12.1 Å². The van der Waals surface area contributed by atoms with Gasteiger partial charge in [0, 0.05) is 17.8 Å². The first-order chi connectivity index (χ1) is 10.1. The van der Waals surface area contributed by atoms with Crippen molar-refractivity contribution in [1.29, 1.82) is 0 Å². The third-order valence-electron chi connectivity index (χ3n) is 3.25. The summed E-state index contributed by atoms with van der Waals surface area (Å²) in [6, 6.07) is 3.58. The molecule has 0 spiro atoms. The highest BCUT2D eigenvalue weighted by Gasteiger charge is 2.26. The Labute approximate surface area is 124 Å². The van der Waals surface area contributed by atoms with Crippen molar-refractivity contribution in [2.45, 2.75) is 25.9 Å². The van der Waals surface area contributed by atoms with Crippen LogP contribution in [0.1, 0.15) is 37.2 Å². The van der Waals surface area contributed by atoms with E-state index in [0.29, 0.717) is 11.6 Å². The molecule has 21 heavy (non-hydrogen) atoms. The lowest BCUT2D eigenvalue weighted by Crippen LogP contribution is -2.31. The van der Waals surface area contributed by atoms with Gasteiger partial charge in [-0.25, -0.2) is 10.4 Å². The fourth-order valence-electron chi connectivity index (χ4n) is 2.31. The van der Waals surface area contributed by atoms with Crippen LogP contribution in [0.5, 0.6) is 11.6 Å². The molecule has 0 aromatic carbocycles. The molecular weight excluding hydrogens is 270 g/mol. The number of pyridine rings is 1. The van der Waals surface area contributed by atoms with E-state index in [1.54, 1.807) is 26.6 Å². The zero-order valence-electron chi connectivity index (χ0n) is 12.7. The number of nitrogens with zero attached hydrogens (tertiary/aromatic N) is 3. The maximum Gasteiger partial charge on any atom is 0.218 e. The van der Waals surface area contributed by atoms with Gasteiger partial charge in [0.25, 0.3) is 0 Å². The van der Waals surface area contributed by atoms with Gasteiger partial charge in [-0.1, -0.05) is 6.07 Å². The minimum absolute atomic E-state index is 0.169. The molecule has 7 nitrogen and oxygen atoms in total. The molecule has 0 saturated heterocycles. The second-order valence-corrected chi connectivity index (χ2v) is 4.84. The minimum atomic E-state index is -0.339. The Morgan fingerprint density at radius 2 is 2.05 bits per heavy atom. The average Bonchev–Trinajstić information content (AvgIpc) is 2.92. The molecule has 0 aliphatic carbocycles. The van der Waals surface area contributed by atoms with Crippen molar-refractivity contribution >= 4 is 0 Å². The van der Waals surface area contributed by atoms with E-state index in [1.807, 2.05) is 30.7 Å². The van der Waals surface area contributed by atoms with Gasteiger partial charge in [0.1, 0.15) is 5.69 Å². The fourth-order valence-corrected chi connectivity index (χ4v) is 2.31. The first kappa shape index (κ1) is 15.3. The van der Waals surface area contributed by atoms with Crippen LogP contribution in [0, 0.1) is 0 Å². The van der Waals surface area contributed by atoms with Crippen LogP contribution in [0.25, 0.3) is 0 Å². The summed E-state index contributed by atoms with van der Waals surface area (Å²) in [7, 11) is 3.19. The summed E-state index contributed by atoms with van der Waals surface area (Å²) >= 11 is 0. The van der Waals surface area contributed by atoms with Crippen LogP contribution in [0.15, 0.2) is 24.5 Å². The SMILES string of the molecule is COc1cnn(C(C)C)c1C(NN)c1cccnc1OC. The summed E-state index contributed by atoms with van der Waals surface area (Å²) < 4.78 is 12.6. The molecular formula is C14H21N5O2. The molecule has 1 unspecified atom stereocenters.